The smallest absolute Gasteiger partial charge is 0.299 e. The Morgan fingerprint density at radius 3 is 2.00 bits per heavy atom. The number of carbonyl (C=O) groups excluding carboxylic acids is 1. The minimum Gasteiger partial charge on any atom is -0.299 e. The average Bonchev–Trinajstić information content (AvgIpc) is 2.12. The van der Waals surface area contributed by atoms with Gasteiger partial charge in [-0.2, -0.15) is 0 Å². The van der Waals surface area contributed by atoms with Crippen molar-refractivity contribution in [2.24, 2.45) is 0 Å². The van der Waals surface area contributed by atoms with Gasteiger partial charge in [0.05, 0.1) is 0 Å². The molecular formula is C7H7NaO+. The van der Waals surface area contributed by atoms with Gasteiger partial charge in [0.15, 0.2) is 0 Å². The molecule has 9 heavy (non-hydrogen) atoms. The summed E-state index contributed by atoms with van der Waals surface area (Å²) < 4.78 is 0. The van der Waals surface area contributed by atoms with E-state index < -0.39 is 0 Å². The molecular weight excluding hydrogens is 123 g/mol. The average molecular weight is 130 g/mol. The van der Waals surface area contributed by atoms with Crippen LogP contribution in [0.3, 0.4) is 0 Å². The Kier molecular flexibility index (Phi) is 4.81. The Bertz CT molecular complexity index is 95.1. The fourth-order valence-corrected chi connectivity index (χ4v) is 0.609. The van der Waals surface area contributed by atoms with Crippen molar-refractivity contribution in [3.05, 3.63) is 31.6 Å². The van der Waals surface area contributed by atoms with E-state index in [1.54, 1.807) is 6.92 Å². The van der Waals surface area contributed by atoms with Gasteiger partial charge in [0.2, 0.25) is 0 Å². The van der Waals surface area contributed by atoms with E-state index in [0.717, 1.165) is 5.92 Å². The van der Waals surface area contributed by atoms with Gasteiger partial charge in [-0.05, 0) is 32.6 Å². The van der Waals surface area contributed by atoms with E-state index in [1.165, 1.54) is 0 Å². The molecule has 0 N–H and O–H groups in total. The number of ketones is 1. The van der Waals surface area contributed by atoms with Crippen LogP contribution in [0.15, 0.2) is 0 Å². The Labute approximate surface area is 78.5 Å². The Balaban J connectivity index is 0.000000640. The van der Waals surface area contributed by atoms with Crippen LogP contribution in [-0.4, -0.2) is 5.78 Å². The molecule has 0 saturated heterocycles. The van der Waals surface area contributed by atoms with Gasteiger partial charge in [-0.15, -0.1) is 0 Å². The van der Waals surface area contributed by atoms with Crippen molar-refractivity contribution in [3.63, 3.8) is 0 Å². The maximum absolute atomic E-state index is 10.5. The zero-order valence-corrected chi connectivity index (χ0v) is 7.72. The summed E-state index contributed by atoms with van der Waals surface area (Å²) in [5.74, 6) is 0.931. The Hall–Kier alpha value is 0.670. The van der Waals surface area contributed by atoms with Crippen LogP contribution in [0.4, 0.5) is 0 Å². The number of Topliss-reactive ketones (excluding diaryl/α,β-unsaturated/α-hetero) is 1. The summed E-state index contributed by atoms with van der Waals surface area (Å²) in [6, 6.07) is 0. The van der Waals surface area contributed by atoms with E-state index in [0.29, 0.717) is 0 Å². The van der Waals surface area contributed by atoms with E-state index in [-0.39, 0.29) is 35.3 Å². The third-order valence-electron chi connectivity index (χ3n) is 1.07. The van der Waals surface area contributed by atoms with Crippen molar-refractivity contribution in [3.8, 4) is 0 Å². The second kappa shape index (κ2) is 4.48. The molecule has 1 fully saturated rings. The van der Waals surface area contributed by atoms with Crippen molar-refractivity contribution in [2.45, 2.75) is 6.92 Å². The maximum atomic E-state index is 10.5. The summed E-state index contributed by atoms with van der Waals surface area (Å²) >= 11 is 0. The van der Waals surface area contributed by atoms with Gasteiger partial charge in [-0.25, -0.2) is 0 Å². The van der Waals surface area contributed by atoms with Gasteiger partial charge in [0.25, 0.3) is 0 Å². The van der Waals surface area contributed by atoms with Crippen LogP contribution in [0.25, 0.3) is 0 Å². The number of hydrogen-bond donors (Lipinski definition) is 0. The summed E-state index contributed by atoms with van der Waals surface area (Å²) in [6.45, 7) is 1.56. The molecule has 0 atom stereocenters. The third kappa shape index (κ3) is 2.83. The van der Waals surface area contributed by atoms with Crippen molar-refractivity contribution in [1.82, 2.24) is 0 Å². The zero-order chi connectivity index (χ0) is 5.98. The molecule has 0 heterocycles. The fraction of sp³-hybridized carbons (Fsp3) is 0.143. The molecule has 0 aliphatic heterocycles. The summed E-state index contributed by atoms with van der Waals surface area (Å²) in [4.78, 5) is 10.5. The quantitative estimate of drug-likeness (QED) is 0.375. The van der Waals surface area contributed by atoms with Crippen LogP contribution < -0.4 is 29.6 Å². The van der Waals surface area contributed by atoms with Gasteiger partial charge in [-0.1, -0.05) is 0 Å². The maximum Gasteiger partial charge on any atom is 1.00 e. The molecule has 1 saturated carbocycles. The van der Waals surface area contributed by atoms with E-state index in [9.17, 15) is 4.79 Å². The molecule has 0 aromatic rings. The molecule has 0 amide bonds. The molecule has 1 rings (SSSR count). The summed E-state index contributed by atoms with van der Waals surface area (Å²) in [6.07, 6.45) is 7.33. The first-order chi connectivity index (χ1) is 3.80. The Morgan fingerprint density at radius 2 is 1.78 bits per heavy atom. The summed E-state index contributed by atoms with van der Waals surface area (Å²) in [5, 5.41) is 0. The van der Waals surface area contributed by atoms with Crippen LogP contribution >= 0.6 is 0 Å². The molecule has 0 aromatic heterocycles. The molecule has 0 unspecified atom stereocenters. The molecule has 2 heteroatoms. The predicted octanol–water partition coefficient (Wildman–Crippen LogP) is -2.02. The summed E-state index contributed by atoms with van der Waals surface area (Å²) in [5.41, 5.74) is 0. The van der Waals surface area contributed by atoms with Crippen LogP contribution in [0, 0.1) is 31.6 Å². The molecule has 1 aliphatic rings. The SMILES string of the molecule is CC(=O)[C]1[CH][CH][CH][CH]1.[Na+]. The third-order valence-corrected chi connectivity index (χ3v) is 1.07. The van der Waals surface area contributed by atoms with Gasteiger partial charge in [-0.3, -0.25) is 4.79 Å². The second-order valence-electron chi connectivity index (χ2n) is 1.73. The van der Waals surface area contributed by atoms with Crippen LogP contribution in [0.2, 0.25) is 0 Å². The topological polar surface area (TPSA) is 17.1 Å². The first kappa shape index (κ1) is 9.67. The zero-order valence-electron chi connectivity index (χ0n) is 5.72. The molecule has 1 nitrogen and oxygen atoms in total. The van der Waals surface area contributed by atoms with Crippen LogP contribution in [-0.2, 0) is 4.79 Å². The van der Waals surface area contributed by atoms with Crippen molar-refractivity contribution >= 4 is 5.78 Å². The molecule has 5 radical (unpaired) electrons. The molecule has 1 aliphatic carbocycles. The van der Waals surface area contributed by atoms with Crippen LogP contribution in [0.5, 0.6) is 0 Å². The minimum atomic E-state index is 0. The molecule has 0 spiro atoms. The van der Waals surface area contributed by atoms with Crippen molar-refractivity contribution in [2.75, 3.05) is 0 Å². The van der Waals surface area contributed by atoms with Gasteiger partial charge in [0, 0.05) is 5.92 Å². The number of carbonyl (C=O) groups is 1. The van der Waals surface area contributed by atoms with Crippen LogP contribution in [0.1, 0.15) is 6.92 Å². The van der Waals surface area contributed by atoms with E-state index >= 15 is 0 Å². The number of rotatable bonds is 1. The fourth-order valence-electron chi connectivity index (χ4n) is 0.609. The predicted molar refractivity (Wildman–Crippen MR) is 31.1 cm³/mol. The largest absolute Gasteiger partial charge is 1.00 e. The van der Waals surface area contributed by atoms with Gasteiger partial charge < -0.3 is 0 Å². The number of hydrogen-bond acceptors (Lipinski definition) is 1. The molecule has 0 bridgehead atoms. The van der Waals surface area contributed by atoms with E-state index in [4.69, 9.17) is 0 Å². The molecule has 0 aromatic carbocycles. The standard InChI is InChI=1S/C7H7O.Na/c1-6(8)7-4-2-3-5-7;/h2-5H,1H3;/q;+1. The Morgan fingerprint density at radius 1 is 1.33 bits per heavy atom. The normalized spacial score (nSPS) is 19.2. The minimum absolute atomic E-state index is 0. The van der Waals surface area contributed by atoms with Gasteiger partial charge in [0.1, 0.15) is 5.78 Å². The second-order valence-corrected chi connectivity index (χ2v) is 1.73. The van der Waals surface area contributed by atoms with E-state index in [2.05, 4.69) is 0 Å². The van der Waals surface area contributed by atoms with Gasteiger partial charge >= 0.3 is 29.6 Å². The first-order valence-electron chi connectivity index (χ1n) is 2.53. The van der Waals surface area contributed by atoms with Crippen molar-refractivity contribution in [1.29, 1.82) is 0 Å². The van der Waals surface area contributed by atoms with Crippen molar-refractivity contribution < 1.29 is 34.4 Å². The summed E-state index contributed by atoms with van der Waals surface area (Å²) in [7, 11) is 0. The van der Waals surface area contributed by atoms with E-state index in [1.807, 2.05) is 25.7 Å². The monoisotopic (exact) mass is 130 g/mol. The molecule has 41 valence electrons. The first-order valence-corrected chi connectivity index (χ1v) is 2.53.